The van der Waals surface area contributed by atoms with Gasteiger partial charge in [0.2, 0.25) is 11.8 Å². The van der Waals surface area contributed by atoms with Crippen molar-refractivity contribution >= 4 is 11.8 Å². The lowest BCUT2D eigenvalue weighted by molar-refractivity contribution is -0.121. The van der Waals surface area contributed by atoms with Crippen LogP contribution in [0, 0.1) is 11.8 Å². The van der Waals surface area contributed by atoms with Crippen molar-refractivity contribution in [2.24, 2.45) is 11.8 Å². The van der Waals surface area contributed by atoms with Gasteiger partial charge in [-0.3, -0.25) is 9.59 Å². The van der Waals surface area contributed by atoms with Crippen molar-refractivity contribution < 1.29 is 9.59 Å². The van der Waals surface area contributed by atoms with Crippen molar-refractivity contribution in [2.45, 2.75) is 90.9 Å². The monoisotopic (exact) mass is 422 g/mol. The summed E-state index contributed by atoms with van der Waals surface area (Å²) in [7, 11) is 0. The minimum Gasteiger partial charge on any atom is -0.356 e. The van der Waals surface area contributed by atoms with Gasteiger partial charge < -0.3 is 10.6 Å². The van der Waals surface area contributed by atoms with Gasteiger partial charge in [0.25, 0.3) is 0 Å². The zero-order valence-electron chi connectivity index (χ0n) is 19.6. The first-order valence-corrected chi connectivity index (χ1v) is 12.6. The van der Waals surface area contributed by atoms with Crippen molar-refractivity contribution in [3.05, 3.63) is 0 Å². The SMILES string of the molecule is CCCC(=O)NCCCC1CN(N2CCCCC2)CC1CCCCCCNC(C)=O. The number of hydrogen-bond acceptors (Lipinski definition) is 4. The molecule has 174 valence electrons. The Morgan fingerprint density at radius 2 is 1.43 bits per heavy atom. The van der Waals surface area contributed by atoms with E-state index in [1.807, 2.05) is 0 Å². The van der Waals surface area contributed by atoms with Crippen molar-refractivity contribution in [3.8, 4) is 0 Å². The smallest absolute Gasteiger partial charge is 0.219 e. The summed E-state index contributed by atoms with van der Waals surface area (Å²) in [6.45, 7) is 10.2. The summed E-state index contributed by atoms with van der Waals surface area (Å²) in [5.41, 5.74) is 0. The van der Waals surface area contributed by atoms with Crippen LogP contribution in [0.2, 0.25) is 0 Å². The highest BCUT2D eigenvalue weighted by Gasteiger charge is 2.34. The van der Waals surface area contributed by atoms with E-state index in [2.05, 4.69) is 27.6 Å². The molecule has 0 aromatic heterocycles. The van der Waals surface area contributed by atoms with Gasteiger partial charge in [-0.2, -0.15) is 0 Å². The summed E-state index contributed by atoms with van der Waals surface area (Å²) in [4.78, 5) is 22.6. The van der Waals surface area contributed by atoms with E-state index in [1.165, 1.54) is 77.5 Å². The lowest BCUT2D eigenvalue weighted by Crippen LogP contribution is -2.44. The summed E-state index contributed by atoms with van der Waals surface area (Å²) < 4.78 is 0. The number of hydrogen-bond donors (Lipinski definition) is 2. The molecule has 0 aromatic rings. The number of rotatable bonds is 14. The van der Waals surface area contributed by atoms with Gasteiger partial charge in [0, 0.05) is 52.6 Å². The van der Waals surface area contributed by atoms with Crippen LogP contribution in [0.5, 0.6) is 0 Å². The minimum absolute atomic E-state index is 0.0764. The molecule has 2 N–H and O–H groups in total. The number of piperidine rings is 1. The van der Waals surface area contributed by atoms with E-state index in [1.54, 1.807) is 6.92 Å². The molecule has 2 aliphatic heterocycles. The maximum atomic E-state index is 11.7. The Hall–Kier alpha value is -1.14. The normalized spacial score (nSPS) is 22.9. The topological polar surface area (TPSA) is 64.7 Å². The largest absolute Gasteiger partial charge is 0.356 e. The standard InChI is InChI=1S/C24H46N4O2/c1-3-12-24(30)26-16-11-14-23-20-28(27-17-9-6-10-18-27)19-22(23)13-7-4-5-8-15-25-21(2)29/h22-23H,3-20H2,1-2H3,(H,25,29)(H,26,30). The molecule has 2 heterocycles. The van der Waals surface area contributed by atoms with Crippen LogP contribution in [-0.2, 0) is 9.59 Å². The van der Waals surface area contributed by atoms with Gasteiger partial charge in [0.1, 0.15) is 0 Å². The van der Waals surface area contributed by atoms with Gasteiger partial charge in [-0.05, 0) is 56.8 Å². The highest BCUT2D eigenvalue weighted by atomic mass is 16.2. The molecule has 6 heteroatoms. The quantitative estimate of drug-likeness (QED) is 0.419. The molecule has 2 fully saturated rings. The van der Waals surface area contributed by atoms with Crippen LogP contribution in [0.3, 0.4) is 0 Å². The van der Waals surface area contributed by atoms with Crippen LogP contribution in [0.4, 0.5) is 0 Å². The summed E-state index contributed by atoms with van der Waals surface area (Å²) in [6, 6.07) is 0. The summed E-state index contributed by atoms with van der Waals surface area (Å²) in [5.74, 6) is 1.82. The molecule has 0 aromatic carbocycles. The summed E-state index contributed by atoms with van der Waals surface area (Å²) in [6.07, 6.45) is 14.1. The molecule has 2 saturated heterocycles. The number of carbonyl (C=O) groups is 2. The third-order valence-electron chi connectivity index (χ3n) is 6.72. The summed E-state index contributed by atoms with van der Waals surface area (Å²) in [5, 5.41) is 11.2. The van der Waals surface area contributed by atoms with Gasteiger partial charge in [-0.25, -0.2) is 10.0 Å². The molecule has 2 atom stereocenters. The van der Waals surface area contributed by atoms with Crippen LogP contribution in [0.25, 0.3) is 0 Å². The Morgan fingerprint density at radius 3 is 2.10 bits per heavy atom. The molecule has 0 saturated carbocycles. The van der Waals surface area contributed by atoms with E-state index in [9.17, 15) is 9.59 Å². The fraction of sp³-hybridized carbons (Fsp3) is 0.917. The second-order valence-electron chi connectivity index (χ2n) is 9.33. The zero-order valence-corrected chi connectivity index (χ0v) is 19.6. The average molecular weight is 423 g/mol. The average Bonchev–Trinajstić information content (AvgIpc) is 3.14. The van der Waals surface area contributed by atoms with Gasteiger partial charge >= 0.3 is 0 Å². The van der Waals surface area contributed by atoms with E-state index in [4.69, 9.17) is 0 Å². The third-order valence-corrected chi connectivity index (χ3v) is 6.72. The second-order valence-corrected chi connectivity index (χ2v) is 9.33. The van der Waals surface area contributed by atoms with Crippen LogP contribution in [0.15, 0.2) is 0 Å². The van der Waals surface area contributed by atoms with E-state index < -0.39 is 0 Å². The fourth-order valence-electron chi connectivity index (χ4n) is 5.02. The van der Waals surface area contributed by atoms with E-state index in [0.717, 1.165) is 44.2 Å². The van der Waals surface area contributed by atoms with E-state index >= 15 is 0 Å². The van der Waals surface area contributed by atoms with Crippen LogP contribution < -0.4 is 10.6 Å². The first-order valence-electron chi connectivity index (χ1n) is 12.6. The lowest BCUT2D eigenvalue weighted by Gasteiger charge is -2.35. The molecular formula is C24H46N4O2. The minimum atomic E-state index is 0.0764. The molecule has 2 aliphatic rings. The maximum Gasteiger partial charge on any atom is 0.219 e. The summed E-state index contributed by atoms with van der Waals surface area (Å²) >= 11 is 0. The number of nitrogens with zero attached hydrogens (tertiary/aromatic N) is 2. The highest BCUT2D eigenvalue weighted by molar-refractivity contribution is 5.75. The van der Waals surface area contributed by atoms with Gasteiger partial charge in [0.05, 0.1) is 0 Å². The molecule has 0 bridgehead atoms. The molecule has 0 aliphatic carbocycles. The van der Waals surface area contributed by atoms with Gasteiger partial charge in [0.15, 0.2) is 0 Å². The van der Waals surface area contributed by atoms with Crippen LogP contribution in [-0.4, -0.2) is 61.1 Å². The highest BCUT2D eigenvalue weighted by Crippen LogP contribution is 2.33. The molecule has 0 radical (unpaired) electrons. The third kappa shape index (κ3) is 9.78. The molecule has 0 spiro atoms. The molecule has 6 nitrogen and oxygen atoms in total. The predicted octanol–water partition coefficient (Wildman–Crippen LogP) is 3.72. The predicted molar refractivity (Wildman–Crippen MR) is 123 cm³/mol. The Kier molecular flexibility index (Phi) is 12.4. The number of amides is 2. The molecule has 2 amide bonds. The van der Waals surface area contributed by atoms with E-state index in [0.29, 0.717) is 6.42 Å². The number of hydrazine groups is 1. The van der Waals surface area contributed by atoms with E-state index in [-0.39, 0.29) is 11.8 Å². The Balaban J connectivity index is 1.71. The van der Waals surface area contributed by atoms with Gasteiger partial charge in [-0.15, -0.1) is 0 Å². The molecule has 30 heavy (non-hydrogen) atoms. The first-order chi connectivity index (χ1) is 14.6. The molecule has 2 rings (SSSR count). The number of nitrogens with one attached hydrogen (secondary N) is 2. The number of carbonyl (C=O) groups excluding carboxylic acids is 2. The Bertz CT molecular complexity index is 494. The first kappa shape index (κ1) is 25.1. The van der Waals surface area contributed by atoms with Crippen molar-refractivity contribution in [3.63, 3.8) is 0 Å². The Labute approximate surface area is 184 Å². The Morgan fingerprint density at radius 1 is 0.800 bits per heavy atom. The van der Waals surface area contributed by atoms with Crippen molar-refractivity contribution in [2.75, 3.05) is 39.3 Å². The zero-order chi connectivity index (χ0) is 21.6. The maximum absolute atomic E-state index is 11.7. The van der Waals surface area contributed by atoms with Gasteiger partial charge in [-0.1, -0.05) is 32.6 Å². The lowest BCUT2D eigenvalue weighted by atomic mass is 9.87. The van der Waals surface area contributed by atoms with Crippen molar-refractivity contribution in [1.82, 2.24) is 20.7 Å². The van der Waals surface area contributed by atoms with Crippen LogP contribution >= 0.6 is 0 Å². The molecule has 2 unspecified atom stereocenters. The number of unbranched alkanes of at least 4 members (excludes halogenated alkanes) is 3. The second kappa shape index (κ2) is 14.8. The van der Waals surface area contributed by atoms with Crippen molar-refractivity contribution in [1.29, 1.82) is 0 Å². The molecular weight excluding hydrogens is 376 g/mol. The fourth-order valence-corrected chi connectivity index (χ4v) is 5.02. The van der Waals surface area contributed by atoms with Crippen LogP contribution in [0.1, 0.15) is 90.9 Å².